The lowest BCUT2D eigenvalue weighted by atomic mass is 10.1. The van der Waals surface area contributed by atoms with Crippen LogP contribution in [0.1, 0.15) is 18.4 Å². The van der Waals surface area contributed by atoms with E-state index in [4.69, 9.17) is 30.9 Å². The van der Waals surface area contributed by atoms with Gasteiger partial charge in [0.2, 0.25) is 6.79 Å². The lowest BCUT2D eigenvalue weighted by Crippen LogP contribution is -2.00. The van der Waals surface area contributed by atoms with E-state index in [1.165, 1.54) is 7.11 Å². The molecule has 0 atom stereocenters. The summed E-state index contributed by atoms with van der Waals surface area (Å²) >= 11 is 6.08. The van der Waals surface area contributed by atoms with Crippen molar-refractivity contribution in [2.45, 2.75) is 19.3 Å². The Kier molecular flexibility index (Phi) is 3.81. The van der Waals surface area contributed by atoms with Gasteiger partial charge in [0.05, 0.1) is 12.1 Å². The van der Waals surface area contributed by atoms with E-state index in [-0.39, 0.29) is 13.2 Å². The minimum atomic E-state index is -0.829. The first kappa shape index (κ1) is 12.8. The number of benzene rings is 1. The Labute approximate surface area is 109 Å². The minimum Gasteiger partial charge on any atom is -0.495 e. The first-order chi connectivity index (χ1) is 8.63. The van der Waals surface area contributed by atoms with Crippen molar-refractivity contribution in [3.63, 3.8) is 0 Å². The average Bonchev–Trinajstić information content (AvgIpc) is 2.76. The second kappa shape index (κ2) is 5.35. The van der Waals surface area contributed by atoms with Gasteiger partial charge in [-0.25, -0.2) is 0 Å². The van der Waals surface area contributed by atoms with E-state index in [9.17, 15) is 4.79 Å². The molecule has 0 aromatic heterocycles. The van der Waals surface area contributed by atoms with E-state index in [0.29, 0.717) is 35.1 Å². The fourth-order valence-electron chi connectivity index (χ4n) is 1.92. The van der Waals surface area contributed by atoms with Crippen LogP contribution in [0, 0.1) is 0 Å². The molecule has 1 aliphatic rings. The van der Waals surface area contributed by atoms with Gasteiger partial charge in [-0.1, -0.05) is 11.6 Å². The Hall–Kier alpha value is -1.62. The molecule has 5 nitrogen and oxygen atoms in total. The Bertz CT molecular complexity index is 468. The van der Waals surface area contributed by atoms with Crippen LogP contribution < -0.4 is 14.2 Å². The highest BCUT2D eigenvalue weighted by Crippen LogP contribution is 2.45. The summed E-state index contributed by atoms with van der Waals surface area (Å²) in [5, 5.41) is 9.09. The number of methoxy groups -OCH3 is 1. The second-order valence-corrected chi connectivity index (χ2v) is 4.26. The maximum Gasteiger partial charge on any atom is 0.303 e. The lowest BCUT2D eigenvalue weighted by Gasteiger charge is -2.12. The fourth-order valence-corrected chi connectivity index (χ4v) is 2.21. The predicted octanol–water partition coefficient (Wildman–Crippen LogP) is 2.48. The zero-order valence-corrected chi connectivity index (χ0v) is 10.6. The summed E-state index contributed by atoms with van der Waals surface area (Å²) < 4.78 is 15.9. The summed E-state index contributed by atoms with van der Waals surface area (Å²) in [6, 6.07) is 1.64. The Morgan fingerprint density at radius 1 is 1.56 bits per heavy atom. The molecule has 6 heteroatoms. The molecule has 0 fully saturated rings. The summed E-state index contributed by atoms with van der Waals surface area (Å²) in [7, 11) is 1.52. The average molecular weight is 273 g/mol. The summed E-state index contributed by atoms with van der Waals surface area (Å²) in [5.41, 5.74) is 0.763. The maximum atomic E-state index is 10.5. The van der Waals surface area contributed by atoms with E-state index in [1.54, 1.807) is 6.07 Å². The fraction of sp³-hybridized carbons (Fsp3) is 0.417. The highest BCUT2D eigenvalue weighted by Gasteiger charge is 2.24. The second-order valence-electron chi connectivity index (χ2n) is 3.85. The highest BCUT2D eigenvalue weighted by molar-refractivity contribution is 6.32. The standard InChI is InChI=1S/C12H13ClO5/c1-16-11-7(3-2-4-10(14)15)12-9(5-8(11)13)17-6-18-12/h5H,2-4,6H2,1H3,(H,14,15). The molecule has 1 N–H and O–H groups in total. The molecule has 1 aromatic carbocycles. The van der Waals surface area contributed by atoms with Gasteiger partial charge < -0.3 is 19.3 Å². The molecule has 0 saturated carbocycles. The number of carboxylic acids is 1. The number of carboxylic acid groups (broad SMARTS) is 1. The summed E-state index contributed by atoms with van der Waals surface area (Å²) in [4.78, 5) is 10.5. The summed E-state index contributed by atoms with van der Waals surface area (Å²) in [6.45, 7) is 0.144. The molecule has 18 heavy (non-hydrogen) atoms. The summed E-state index contributed by atoms with van der Waals surface area (Å²) in [5.74, 6) is 0.865. The van der Waals surface area contributed by atoms with Crippen molar-refractivity contribution in [3.8, 4) is 17.2 Å². The molecular weight excluding hydrogens is 260 g/mol. The molecule has 1 aromatic rings. The van der Waals surface area contributed by atoms with Crippen molar-refractivity contribution >= 4 is 17.6 Å². The number of hydrogen-bond donors (Lipinski definition) is 1. The number of carbonyl (C=O) groups is 1. The molecule has 98 valence electrons. The number of halogens is 1. The number of fused-ring (bicyclic) bond motifs is 1. The maximum absolute atomic E-state index is 10.5. The molecular formula is C12H13ClO5. The van der Waals surface area contributed by atoms with Gasteiger partial charge in [-0.3, -0.25) is 4.79 Å². The molecule has 0 spiro atoms. The molecule has 0 saturated heterocycles. The Balaban J connectivity index is 2.28. The molecule has 2 rings (SSSR count). The van der Waals surface area contributed by atoms with Crippen molar-refractivity contribution in [1.82, 2.24) is 0 Å². The van der Waals surface area contributed by atoms with Crippen LogP contribution in [0.3, 0.4) is 0 Å². The van der Waals surface area contributed by atoms with Gasteiger partial charge in [-0.2, -0.15) is 0 Å². The molecule has 0 bridgehead atoms. The Morgan fingerprint density at radius 2 is 2.33 bits per heavy atom. The largest absolute Gasteiger partial charge is 0.495 e. The zero-order valence-electron chi connectivity index (χ0n) is 9.86. The summed E-state index contributed by atoms with van der Waals surface area (Å²) in [6.07, 6.45) is 1.09. The van der Waals surface area contributed by atoms with E-state index in [0.717, 1.165) is 5.56 Å². The number of hydrogen-bond acceptors (Lipinski definition) is 4. The number of aliphatic carboxylic acids is 1. The quantitative estimate of drug-likeness (QED) is 0.892. The van der Waals surface area contributed by atoms with Gasteiger partial charge in [0, 0.05) is 18.1 Å². The zero-order chi connectivity index (χ0) is 13.1. The first-order valence-corrected chi connectivity index (χ1v) is 5.88. The highest BCUT2D eigenvalue weighted by atomic mass is 35.5. The third kappa shape index (κ3) is 2.46. The monoisotopic (exact) mass is 272 g/mol. The molecule has 1 heterocycles. The van der Waals surface area contributed by atoms with Crippen molar-refractivity contribution in [2.24, 2.45) is 0 Å². The van der Waals surface area contributed by atoms with Gasteiger partial charge in [-0.15, -0.1) is 0 Å². The molecule has 0 unspecified atom stereocenters. The minimum absolute atomic E-state index is 0.0886. The molecule has 0 aliphatic carbocycles. The van der Waals surface area contributed by atoms with Crippen LogP contribution in [0.25, 0.3) is 0 Å². The van der Waals surface area contributed by atoms with Crippen LogP contribution in [-0.2, 0) is 11.2 Å². The third-order valence-electron chi connectivity index (χ3n) is 2.69. The number of rotatable bonds is 5. The Morgan fingerprint density at radius 3 is 3.00 bits per heavy atom. The third-order valence-corrected chi connectivity index (χ3v) is 2.97. The van der Waals surface area contributed by atoms with Gasteiger partial charge in [0.1, 0.15) is 5.75 Å². The predicted molar refractivity (Wildman–Crippen MR) is 64.7 cm³/mol. The van der Waals surface area contributed by atoms with E-state index >= 15 is 0 Å². The van der Waals surface area contributed by atoms with Gasteiger partial charge in [0.15, 0.2) is 11.5 Å². The van der Waals surface area contributed by atoms with Crippen LogP contribution in [-0.4, -0.2) is 25.0 Å². The van der Waals surface area contributed by atoms with Crippen molar-refractivity contribution in [1.29, 1.82) is 0 Å². The van der Waals surface area contributed by atoms with E-state index < -0.39 is 5.97 Å². The van der Waals surface area contributed by atoms with Crippen LogP contribution in [0.15, 0.2) is 6.07 Å². The van der Waals surface area contributed by atoms with Gasteiger partial charge >= 0.3 is 5.97 Å². The van der Waals surface area contributed by atoms with Crippen molar-refractivity contribution in [2.75, 3.05) is 13.9 Å². The number of ether oxygens (including phenoxy) is 3. The molecule has 1 aliphatic heterocycles. The first-order valence-electron chi connectivity index (χ1n) is 5.50. The normalized spacial score (nSPS) is 12.6. The van der Waals surface area contributed by atoms with E-state index in [1.807, 2.05) is 0 Å². The van der Waals surface area contributed by atoms with Gasteiger partial charge in [-0.05, 0) is 12.8 Å². The van der Waals surface area contributed by atoms with Crippen LogP contribution in [0.2, 0.25) is 5.02 Å². The lowest BCUT2D eigenvalue weighted by molar-refractivity contribution is -0.137. The molecule has 0 radical (unpaired) electrons. The smallest absolute Gasteiger partial charge is 0.303 e. The topological polar surface area (TPSA) is 65.0 Å². The van der Waals surface area contributed by atoms with Crippen LogP contribution in [0.4, 0.5) is 0 Å². The SMILES string of the molecule is COc1c(Cl)cc2c(c1CCCC(=O)O)OCO2. The van der Waals surface area contributed by atoms with Crippen molar-refractivity contribution < 1.29 is 24.1 Å². The van der Waals surface area contributed by atoms with Crippen LogP contribution in [0.5, 0.6) is 17.2 Å². The van der Waals surface area contributed by atoms with Crippen LogP contribution >= 0.6 is 11.6 Å². The van der Waals surface area contributed by atoms with E-state index in [2.05, 4.69) is 0 Å². The molecule has 0 amide bonds. The van der Waals surface area contributed by atoms with Gasteiger partial charge in [0.25, 0.3) is 0 Å². The van der Waals surface area contributed by atoms with Crippen molar-refractivity contribution in [3.05, 3.63) is 16.7 Å².